The van der Waals surface area contributed by atoms with Crippen LogP contribution >= 0.6 is 0 Å². The van der Waals surface area contributed by atoms with Crippen LogP contribution in [0.15, 0.2) is 66.7 Å². The van der Waals surface area contributed by atoms with E-state index in [2.05, 4.69) is 15.4 Å². The lowest BCUT2D eigenvalue weighted by Gasteiger charge is -2.12. The second-order valence-electron chi connectivity index (χ2n) is 6.59. The van der Waals surface area contributed by atoms with Gasteiger partial charge in [0.25, 0.3) is 11.8 Å². The van der Waals surface area contributed by atoms with E-state index < -0.39 is 24.2 Å². The van der Waals surface area contributed by atoms with Gasteiger partial charge >= 0.3 is 6.61 Å². The van der Waals surface area contributed by atoms with Gasteiger partial charge in [-0.15, -0.1) is 0 Å². The van der Waals surface area contributed by atoms with Gasteiger partial charge in [0.2, 0.25) is 0 Å². The molecule has 2 amide bonds. The molecule has 6 nitrogen and oxygen atoms in total. The predicted molar refractivity (Wildman–Crippen MR) is 112 cm³/mol. The summed E-state index contributed by atoms with van der Waals surface area (Å²) in [5.41, 5.74) is 1.59. The molecule has 3 rings (SSSR count). The molecule has 0 radical (unpaired) electrons. The minimum absolute atomic E-state index is 0.0754. The van der Waals surface area contributed by atoms with Crippen molar-refractivity contribution in [2.45, 2.75) is 13.2 Å². The van der Waals surface area contributed by atoms with Crippen LogP contribution in [0.2, 0.25) is 0 Å². The van der Waals surface area contributed by atoms with Gasteiger partial charge in [-0.2, -0.15) is 8.78 Å². The molecule has 0 aromatic heterocycles. The molecule has 9 heteroatoms. The summed E-state index contributed by atoms with van der Waals surface area (Å²) in [6, 6.07) is 15.9. The Kier molecular flexibility index (Phi) is 7.33. The van der Waals surface area contributed by atoms with Crippen molar-refractivity contribution in [1.29, 1.82) is 0 Å². The Morgan fingerprint density at radius 1 is 0.906 bits per heavy atom. The molecule has 0 saturated heterocycles. The molecule has 0 aliphatic heterocycles. The average Bonchev–Trinajstić information content (AvgIpc) is 2.77. The standard InChI is InChI=1S/C23H19F3N2O4/c1-31-19-10-7-16(12-20(19)32-23(25)26)21(29)27-13-14-3-2-4-18(11-14)28-22(30)15-5-8-17(24)9-6-15/h2-12,23H,13H2,1H3,(H,27,29)(H,28,30). The summed E-state index contributed by atoms with van der Waals surface area (Å²) in [4.78, 5) is 24.7. The highest BCUT2D eigenvalue weighted by atomic mass is 19.3. The number of hydrogen-bond acceptors (Lipinski definition) is 4. The van der Waals surface area contributed by atoms with E-state index in [-0.39, 0.29) is 23.6 Å². The molecule has 0 atom stereocenters. The van der Waals surface area contributed by atoms with E-state index in [0.717, 1.165) is 0 Å². The third-order valence-electron chi connectivity index (χ3n) is 4.39. The van der Waals surface area contributed by atoms with Crippen molar-refractivity contribution < 1.29 is 32.2 Å². The van der Waals surface area contributed by atoms with Crippen molar-refractivity contribution in [2.24, 2.45) is 0 Å². The van der Waals surface area contributed by atoms with Gasteiger partial charge in [-0.05, 0) is 60.2 Å². The maximum absolute atomic E-state index is 13.0. The molecule has 0 aliphatic rings. The van der Waals surface area contributed by atoms with Crippen molar-refractivity contribution in [3.63, 3.8) is 0 Å². The van der Waals surface area contributed by atoms with Crippen molar-refractivity contribution in [3.8, 4) is 11.5 Å². The van der Waals surface area contributed by atoms with E-state index in [1.54, 1.807) is 24.3 Å². The number of carbonyl (C=O) groups is 2. The third kappa shape index (κ3) is 6.00. The van der Waals surface area contributed by atoms with E-state index in [0.29, 0.717) is 16.8 Å². The average molecular weight is 444 g/mol. The fourth-order valence-corrected chi connectivity index (χ4v) is 2.85. The number of amides is 2. The van der Waals surface area contributed by atoms with Gasteiger partial charge in [-0.1, -0.05) is 12.1 Å². The number of alkyl halides is 2. The molecule has 166 valence electrons. The molecule has 0 aliphatic carbocycles. The summed E-state index contributed by atoms with van der Waals surface area (Å²) in [5.74, 6) is -1.53. The van der Waals surface area contributed by atoms with Gasteiger partial charge in [0.05, 0.1) is 7.11 Å². The number of rotatable bonds is 8. The van der Waals surface area contributed by atoms with Crippen molar-refractivity contribution in [2.75, 3.05) is 12.4 Å². The van der Waals surface area contributed by atoms with Gasteiger partial charge in [0, 0.05) is 23.4 Å². The van der Waals surface area contributed by atoms with E-state index >= 15 is 0 Å². The lowest BCUT2D eigenvalue weighted by atomic mass is 10.1. The molecule has 2 N–H and O–H groups in total. The molecule has 0 spiro atoms. The van der Waals surface area contributed by atoms with Crippen LogP contribution < -0.4 is 20.1 Å². The summed E-state index contributed by atoms with van der Waals surface area (Å²) < 4.78 is 47.5. The fourth-order valence-electron chi connectivity index (χ4n) is 2.85. The van der Waals surface area contributed by atoms with Crippen LogP contribution in [0.5, 0.6) is 11.5 Å². The van der Waals surface area contributed by atoms with Crippen molar-refractivity contribution in [3.05, 3.63) is 89.2 Å². The lowest BCUT2D eigenvalue weighted by Crippen LogP contribution is -2.23. The van der Waals surface area contributed by atoms with Gasteiger partial charge in [-0.3, -0.25) is 9.59 Å². The first-order chi connectivity index (χ1) is 15.4. The summed E-state index contributed by atoms with van der Waals surface area (Å²) in [6.45, 7) is -2.94. The van der Waals surface area contributed by atoms with Crippen molar-refractivity contribution >= 4 is 17.5 Å². The summed E-state index contributed by atoms with van der Waals surface area (Å²) in [6.07, 6.45) is 0. The van der Waals surface area contributed by atoms with Crippen molar-refractivity contribution in [1.82, 2.24) is 5.32 Å². The van der Waals surface area contributed by atoms with E-state index in [1.165, 1.54) is 49.6 Å². The highest BCUT2D eigenvalue weighted by molar-refractivity contribution is 6.04. The van der Waals surface area contributed by atoms with E-state index in [4.69, 9.17) is 4.74 Å². The highest BCUT2D eigenvalue weighted by Crippen LogP contribution is 2.29. The number of nitrogens with one attached hydrogen (secondary N) is 2. The Labute approximate surface area is 182 Å². The molecule has 0 unspecified atom stereocenters. The van der Waals surface area contributed by atoms with Crippen LogP contribution in [0.25, 0.3) is 0 Å². The molecule has 0 fully saturated rings. The first kappa shape index (κ1) is 22.7. The zero-order chi connectivity index (χ0) is 23.1. The Morgan fingerprint density at radius 2 is 1.62 bits per heavy atom. The molecular formula is C23H19F3N2O4. The first-order valence-electron chi connectivity index (χ1n) is 9.42. The van der Waals surface area contributed by atoms with E-state index in [9.17, 15) is 22.8 Å². The molecule has 3 aromatic rings. The minimum atomic E-state index is -3.06. The zero-order valence-electron chi connectivity index (χ0n) is 16.9. The fraction of sp³-hybridized carbons (Fsp3) is 0.130. The number of halogens is 3. The first-order valence-corrected chi connectivity index (χ1v) is 9.42. The Morgan fingerprint density at radius 3 is 2.31 bits per heavy atom. The largest absolute Gasteiger partial charge is 0.493 e. The van der Waals surface area contributed by atoms with Crippen LogP contribution in [-0.4, -0.2) is 25.5 Å². The monoisotopic (exact) mass is 444 g/mol. The Bertz CT molecular complexity index is 1100. The predicted octanol–water partition coefficient (Wildman–Crippen LogP) is 4.62. The molecular weight excluding hydrogens is 425 g/mol. The van der Waals surface area contributed by atoms with Crippen LogP contribution in [0.1, 0.15) is 26.3 Å². The summed E-state index contributed by atoms with van der Waals surface area (Å²) in [5, 5.41) is 5.37. The minimum Gasteiger partial charge on any atom is -0.493 e. The number of anilines is 1. The highest BCUT2D eigenvalue weighted by Gasteiger charge is 2.15. The van der Waals surface area contributed by atoms with Gasteiger partial charge < -0.3 is 20.1 Å². The van der Waals surface area contributed by atoms with Crippen LogP contribution in [0.4, 0.5) is 18.9 Å². The number of ether oxygens (including phenoxy) is 2. The van der Waals surface area contributed by atoms with Crippen LogP contribution in [-0.2, 0) is 6.54 Å². The van der Waals surface area contributed by atoms with Gasteiger partial charge in [0.15, 0.2) is 11.5 Å². The molecule has 0 saturated carbocycles. The normalized spacial score (nSPS) is 10.5. The topological polar surface area (TPSA) is 76.7 Å². The molecule has 32 heavy (non-hydrogen) atoms. The maximum Gasteiger partial charge on any atom is 0.387 e. The Hall–Kier alpha value is -4.01. The Balaban J connectivity index is 1.64. The zero-order valence-corrected chi connectivity index (χ0v) is 16.9. The number of carbonyl (C=O) groups excluding carboxylic acids is 2. The molecule has 0 heterocycles. The summed E-state index contributed by atoms with van der Waals surface area (Å²) >= 11 is 0. The van der Waals surface area contributed by atoms with E-state index in [1.807, 2.05) is 0 Å². The quantitative estimate of drug-likeness (QED) is 0.532. The van der Waals surface area contributed by atoms with Crippen LogP contribution in [0, 0.1) is 5.82 Å². The summed E-state index contributed by atoms with van der Waals surface area (Å²) in [7, 11) is 1.30. The maximum atomic E-state index is 13.0. The second-order valence-corrected chi connectivity index (χ2v) is 6.59. The van der Waals surface area contributed by atoms with Gasteiger partial charge in [-0.25, -0.2) is 4.39 Å². The third-order valence-corrected chi connectivity index (χ3v) is 4.39. The van der Waals surface area contributed by atoms with Crippen LogP contribution in [0.3, 0.4) is 0 Å². The molecule has 0 bridgehead atoms. The number of methoxy groups -OCH3 is 1. The molecule has 3 aromatic carbocycles. The number of hydrogen-bond donors (Lipinski definition) is 2. The SMILES string of the molecule is COc1ccc(C(=O)NCc2cccc(NC(=O)c3ccc(F)cc3)c2)cc1OC(F)F. The van der Waals surface area contributed by atoms with Gasteiger partial charge in [0.1, 0.15) is 5.82 Å². The smallest absolute Gasteiger partial charge is 0.387 e. The second kappa shape index (κ2) is 10.3. The number of benzene rings is 3. The lowest BCUT2D eigenvalue weighted by molar-refractivity contribution is -0.0512.